The minimum Gasteiger partial charge on any atom is -0.318 e. The molecule has 0 fully saturated rings. The van der Waals surface area contributed by atoms with Crippen molar-refractivity contribution in [3.63, 3.8) is 0 Å². The van der Waals surface area contributed by atoms with Gasteiger partial charge < -0.3 is 5.32 Å². The van der Waals surface area contributed by atoms with Gasteiger partial charge >= 0.3 is 12.1 Å². The average Bonchev–Trinajstić information content (AvgIpc) is 2.17. The van der Waals surface area contributed by atoms with E-state index in [1.54, 1.807) is 19.1 Å². The van der Waals surface area contributed by atoms with Crippen LogP contribution in [0.5, 0.6) is 0 Å². The van der Waals surface area contributed by atoms with Gasteiger partial charge in [-0.15, -0.1) is 0 Å². The van der Waals surface area contributed by atoms with Crippen molar-refractivity contribution in [3.8, 4) is 0 Å². The predicted octanol–water partition coefficient (Wildman–Crippen LogP) is 3.79. The van der Waals surface area contributed by atoms with Gasteiger partial charge in [0.1, 0.15) is 0 Å². The van der Waals surface area contributed by atoms with Crippen LogP contribution in [0.25, 0.3) is 0 Å². The van der Waals surface area contributed by atoms with Gasteiger partial charge in [0.2, 0.25) is 0 Å². The van der Waals surface area contributed by atoms with Crippen LogP contribution in [0, 0.1) is 6.92 Å². The fourth-order valence-electron chi connectivity index (χ4n) is 1.46. The molecule has 0 atom stereocenters. The number of hydrogen-bond acceptors (Lipinski definition) is 1. The highest BCUT2D eigenvalue weighted by molar-refractivity contribution is 5.95. The number of benzene rings is 1. The standard InChI is InChI=1S/C13H16F3NO/c1-8-7-9(12(2,3)4)5-6-10(8)17-11(18)13(14,15)16/h5-7H,1-4H3,(H,17,18). The second-order valence-electron chi connectivity index (χ2n) is 5.23. The first kappa shape index (κ1) is 14.5. The summed E-state index contributed by atoms with van der Waals surface area (Å²) >= 11 is 0. The van der Waals surface area contributed by atoms with Gasteiger partial charge in [-0.25, -0.2) is 0 Å². The molecule has 0 saturated heterocycles. The van der Waals surface area contributed by atoms with Crippen molar-refractivity contribution < 1.29 is 18.0 Å². The lowest BCUT2D eigenvalue weighted by molar-refractivity contribution is -0.167. The minimum atomic E-state index is -4.87. The van der Waals surface area contributed by atoms with Crippen molar-refractivity contribution in [3.05, 3.63) is 29.3 Å². The van der Waals surface area contributed by atoms with Gasteiger partial charge in [0.05, 0.1) is 0 Å². The van der Waals surface area contributed by atoms with Gasteiger partial charge in [-0.2, -0.15) is 13.2 Å². The molecule has 0 aliphatic rings. The first-order valence-corrected chi connectivity index (χ1v) is 5.51. The number of alkyl halides is 3. The fourth-order valence-corrected chi connectivity index (χ4v) is 1.46. The number of nitrogens with one attached hydrogen (secondary N) is 1. The fraction of sp³-hybridized carbons (Fsp3) is 0.462. The Bertz CT molecular complexity index is 458. The van der Waals surface area contributed by atoms with Crippen molar-refractivity contribution in [2.45, 2.75) is 39.3 Å². The molecule has 5 heteroatoms. The maximum Gasteiger partial charge on any atom is 0.471 e. The van der Waals surface area contributed by atoms with Gasteiger partial charge in [0.25, 0.3) is 0 Å². The van der Waals surface area contributed by atoms with E-state index in [2.05, 4.69) is 0 Å². The lowest BCUT2D eigenvalue weighted by atomic mass is 9.86. The van der Waals surface area contributed by atoms with Gasteiger partial charge in [0, 0.05) is 5.69 Å². The number of carbonyl (C=O) groups is 1. The molecule has 18 heavy (non-hydrogen) atoms. The Labute approximate surface area is 104 Å². The smallest absolute Gasteiger partial charge is 0.318 e. The summed E-state index contributed by atoms with van der Waals surface area (Å²) in [5, 5.41) is 1.86. The van der Waals surface area contributed by atoms with E-state index >= 15 is 0 Å². The molecule has 1 amide bonds. The van der Waals surface area contributed by atoms with Crippen LogP contribution in [0.1, 0.15) is 31.9 Å². The Morgan fingerprint density at radius 2 is 1.72 bits per heavy atom. The maximum atomic E-state index is 12.1. The first-order chi connectivity index (χ1) is 8.01. The highest BCUT2D eigenvalue weighted by atomic mass is 19.4. The number of anilines is 1. The first-order valence-electron chi connectivity index (χ1n) is 5.51. The number of rotatable bonds is 1. The molecule has 1 aromatic rings. The van der Waals surface area contributed by atoms with Crippen molar-refractivity contribution in [2.75, 3.05) is 5.32 Å². The molecule has 0 unspecified atom stereocenters. The largest absolute Gasteiger partial charge is 0.471 e. The third kappa shape index (κ3) is 3.48. The second-order valence-corrected chi connectivity index (χ2v) is 5.23. The molecule has 0 aliphatic heterocycles. The Kier molecular flexibility index (Phi) is 3.74. The molecule has 100 valence electrons. The molecule has 0 radical (unpaired) electrons. The van der Waals surface area contributed by atoms with Crippen molar-refractivity contribution in [1.29, 1.82) is 0 Å². The summed E-state index contributed by atoms with van der Waals surface area (Å²) in [4.78, 5) is 10.8. The molecular formula is C13H16F3NO. The normalized spacial score (nSPS) is 12.4. The van der Waals surface area contributed by atoms with Gasteiger partial charge in [-0.05, 0) is 29.5 Å². The highest BCUT2D eigenvalue weighted by Gasteiger charge is 2.38. The SMILES string of the molecule is Cc1cc(C(C)(C)C)ccc1NC(=O)C(F)(F)F. The summed E-state index contributed by atoms with van der Waals surface area (Å²) in [5.41, 5.74) is 1.72. The molecule has 1 N–H and O–H groups in total. The summed E-state index contributed by atoms with van der Waals surface area (Å²) in [5.74, 6) is -1.95. The van der Waals surface area contributed by atoms with Crippen molar-refractivity contribution in [1.82, 2.24) is 0 Å². The second kappa shape index (κ2) is 4.63. The van der Waals surface area contributed by atoms with E-state index in [-0.39, 0.29) is 11.1 Å². The third-order valence-electron chi connectivity index (χ3n) is 2.60. The van der Waals surface area contributed by atoms with Crippen LogP contribution in [0.15, 0.2) is 18.2 Å². The molecule has 1 rings (SSSR count). The van der Waals surface area contributed by atoms with E-state index in [1.165, 1.54) is 6.07 Å². The Morgan fingerprint density at radius 3 is 2.11 bits per heavy atom. The Balaban J connectivity index is 2.98. The van der Waals surface area contributed by atoms with Crippen LogP contribution >= 0.6 is 0 Å². The van der Waals surface area contributed by atoms with Crippen LogP contribution < -0.4 is 5.32 Å². The van der Waals surface area contributed by atoms with Gasteiger partial charge in [-0.1, -0.05) is 32.9 Å². The zero-order valence-corrected chi connectivity index (χ0v) is 10.8. The molecule has 0 spiro atoms. The molecule has 0 bridgehead atoms. The quantitative estimate of drug-likeness (QED) is 0.816. The average molecular weight is 259 g/mol. The van der Waals surface area contributed by atoms with Crippen LogP contribution in [0.2, 0.25) is 0 Å². The highest BCUT2D eigenvalue weighted by Crippen LogP contribution is 2.27. The van der Waals surface area contributed by atoms with E-state index < -0.39 is 12.1 Å². The number of amides is 1. The summed E-state index contributed by atoms with van der Waals surface area (Å²) in [6.45, 7) is 7.70. The topological polar surface area (TPSA) is 29.1 Å². The number of aryl methyl sites for hydroxylation is 1. The molecule has 2 nitrogen and oxygen atoms in total. The van der Waals surface area contributed by atoms with Crippen molar-refractivity contribution in [2.24, 2.45) is 0 Å². The third-order valence-corrected chi connectivity index (χ3v) is 2.60. The zero-order chi connectivity index (χ0) is 14.1. The van der Waals surface area contributed by atoms with Crippen LogP contribution in [-0.4, -0.2) is 12.1 Å². The summed E-state index contributed by atoms with van der Waals surface area (Å²) in [6, 6.07) is 5.00. The molecular weight excluding hydrogens is 243 g/mol. The number of carbonyl (C=O) groups excluding carboxylic acids is 1. The molecule has 0 heterocycles. The lowest BCUT2D eigenvalue weighted by Crippen LogP contribution is -2.30. The molecule has 0 aliphatic carbocycles. The van der Waals surface area contributed by atoms with E-state index in [9.17, 15) is 18.0 Å². The van der Waals surface area contributed by atoms with E-state index in [4.69, 9.17) is 0 Å². The zero-order valence-electron chi connectivity index (χ0n) is 10.8. The van der Waals surface area contributed by atoms with Crippen LogP contribution in [0.3, 0.4) is 0 Å². The van der Waals surface area contributed by atoms with Crippen LogP contribution in [0.4, 0.5) is 18.9 Å². The monoisotopic (exact) mass is 259 g/mol. The van der Waals surface area contributed by atoms with Gasteiger partial charge in [-0.3, -0.25) is 4.79 Å². The summed E-state index contributed by atoms with van der Waals surface area (Å²) in [7, 11) is 0. The number of hydrogen-bond donors (Lipinski definition) is 1. The van der Waals surface area contributed by atoms with Crippen LogP contribution in [-0.2, 0) is 10.2 Å². The number of halogens is 3. The van der Waals surface area contributed by atoms with E-state index in [1.807, 2.05) is 26.1 Å². The molecule has 0 saturated carbocycles. The maximum absolute atomic E-state index is 12.1. The van der Waals surface area contributed by atoms with E-state index in [0.29, 0.717) is 5.56 Å². The summed E-state index contributed by atoms with van der Waals surface area (Å²) < 4.78 is 36.4. The van der Waals surface area contributed by atoms with Gasteiger partial charge in [0.15, 0.2) is 0 Å². The summed E-state index contributed by atoms with van der Waals surface area (Å²) in [6.07, 6.45) is -4.87. The Morgan fingerprint density at radius 1 is 1.17 bits per heavy atom. The lowest BCUT2D eigenvalue weighted by Gasteiger charge is -2.20. The predicted molar refractivity (Wildman–Crippen MR) is 64.6 cm³/mol. The minimum absolute atomic E-state index is 0.0860. The Hall–Kier alpha value is -1.52. The molecule has 1 aromatic carbocycles. The molecule has 0 aromatic heterocycles. The van der Waals surface area contributed by atoms with E-state index in [0.717, 1.165) is 5.56 Å². The van der Waals surface area contributed by atoms with Crippen molar-refractivity contribution >= 4 is 11.6 Å².